The van der Waals surface area contributed by atoms with Gasteiger partial charge in [-0.3, -0.25) is 14.4 Å². The van der Waals surface area contributed by atoms with E-state index in [0.717, 1.165) is 12.8 Å². The lowest BCUT2D eigenvalue weighted by molar-refractivity contribution is -0.137. The Kier molecular flexibility index (Phi) is 7.91. The fourth-order valence-corrected chi connectivity index (χ4v) is 3.36. The van der Waals surface area contributed by atoms with Crippen LogP contribution in [0, 0.1) is 0 Å². The summed E-state index contributed by atoms with van der Waals surface area (Å²) in [5, 5.41) is 11.9. The SMILES string of the molecule is COc1ccc(Cl)cc1C(=O)N1CCCC1C(=O)NCCCCCC(=O)O. The first kappa shape index (κ1) is 21.0. The van der Waals surface area contributed by atoms with Crippen LogP contribution in [0.4, 0.5) is 0 Å². The molecule has 0 aliphatic carbocycles. The minimum atomic E-state index is -0.810. The topological polar surface area (TPSA) is 95.9 Å². The van der Waals surface area contributed by atoms with Gasteiger partial charge in [0.15, 0.2) is 0 Å². The first-order valence-electron chi connectivity index (χ1n) is 9.08. The third-order valence-corrected chi connectivity index (χ3v) is 4.81. The standard InChI is InChI=1S/C19H25ClN2O5/c1-27-16-9-8-13(20)12-14(16)19(26)22-11-5-6-15(22)18(25)21-10-4-2-3-7-17(23)24/h8-9,12,15H,2-7,10-11H2,1H3,(H,21,25)(H,23,24). The van der Waals surface area contributed by atoms with Gasteiger partial charge < -0.3 is 20.1 Å². The van der Waals surface area contributed by atoms with Crippen LogP contribution in [0.15, 0.2) is 18.2 Å². The summed E-state index contributed by atoms with van der Waals surface area (Å²) in [6.07, 6.45) is 3.54. The Balaban J connectivity index is 1.92. The van der Waals surface area contributed by atoms with Gasteiger partial charge in [0.2, 0.25) is 5.91 Å². The zero-order valence-corrected chi connectivity index (χ0v) is 16.1. The second-order valence-electron chi connectivity index (χ2n) is 6.50. The van der Waals surface area contributed by atoms with Crippen LogP contribution < -0.4 is 10.1 Å². The molecule has 0 aromatic heterocycles. The zero-order chi connectivity index (χ0) is 19.8. The van der Waals surface area contributed by atoms with Crippen LogP contribution >= 0.6 is 11.6 Å². The number of nitrogens with zero attached hydrogens (tertiary/aromatic N) is 1. The van der Waals surface area contributed by atoms with E-state index in [-0.39, 0.29) is 18.2 Å². The van der Waals surface area contributed by atoms with Crippen molar-refractivity contribution >= 4 is 29.4 Å². The predicted molar refractivity (Wildman–Crippen MR) is 101 cm³/mol. The van der Waals surface area contributed by atoms with Gasteiger partial charge in [-0.15, -0.1) is 0 Å². The van der Waals surface area contributed by atoms with E-state index < -0.39 is 12.0 Å². The number of likely N-dealkylation sites (tertiary alicyclic amines) is 1. The molecule has 1 fully saturated rings. The van der Waals surface area contributed by atoms with Crippen molar-refractivity contribution in [3.8, 4) is 5.75 Å². The Morgan fingerprint density at radius 1 is 1.30 bits per heavy atom. The van der Waals surface area contributed by atoms with Crippen LogP contribution in [0.5, 0.6) is 5.75 Å². The summed E-state index contributed by atoms with van der Waals surface area (Å²) >= 11 is 6.01. The smallest absolute Gasteiger partial charge is 0.303 e. The molecule has 0 spiro atoms. The number of carboxylic acids is 1. The van der Waals surface area contributed by atoms with Crippen LogP contribution in [0.2, 0.25) is 5.02 Å². The number of benzene rings is 1. The molecule has 2 rings (SSSR count). The van der Waals surface area contributed by atoms with Gasteiger partial charge in [-0.05, 0) is 43.9 Å². The number of amides is 2. The Hall–Kier alpha value is -2.28. The molecular formula is C19H25ClN2O5. The summed E-state index contributed by atoms with van der Waals surface area (Å²) in [6.45, 7) is 0.975. The summed E-state index contributed by atoms with van der Waals surface area (Å²) in [6, 6.07) is 4.33. The number of carbonyl (C=O) groups is 3. The third kappa shape index (κ3) is 5.85. The monoisotopic (exact) mass is 396 g/mol. The number of halogens is 1. The highest BCUT2D eigenvalue weighted by Gasteiger charge is 2.35. The molecule has 1 aromatic carbocycles. The average molecular weight is 397 g/mol. The van der Waals surface area contributed by atoms with Crippen molar-refractivity contribution in [2.24, 2.45) is 0 Å². The molecule has 0 bridgehead atoms. The maximum Gasteiger partial charge on any atom is 0.303 e. The van der Waals surface area contributed by atoms with Gasteiger partial charge in [0, 0.05) is 24.5 Å². The number of nitrogens with one attached hydrogen (secondary N) is 1. The summed E-state index contributed by atoms with van der Waals surface area (Å²) in [7, 11) is 1.48. The number of aliphatic carboxylic acids is 1. The molecule has 148 valence electrons. The molecule has 8 heteroatoms. The normalized spacial score (nSPS) is 16.2. The van der Waals surface area contributed by atoms with E-state index in [0.29, 0.717) is 48.7 Å². The van der Waals surface area contributed by atoms with Gasteiger partial charge in [-0.1, -0.05) is 18.0 Å². The van der Waals surface area contributed by atoms with E-state index in [1.165, 1.54) is 7.11 Å². The Morgan fingerprint density at radius 3 is 2.78 bits per heavy atom. The summed E-state index contributed by atoms with van der Waals surface area (Å²) in [4.78, 5) is 37.5. The molecule has 1 aliphatic rings. The number of hydrogen-bond acceptors (Lipinski definition) is 4. The number of rotatable bonds is 9. The van der Waals surface area contributed by atoms with E-state index in [2.05, 4.69) is 5.32 Å². The first-order valence-corrected chi connectivity index (χ1v) is 9.46. The number of ether oxygens (including phenoxy) is 1. The van der Waals surface area contributed by atoms with Crippen molar-refractivity contribution in [3.63, 3.8) is 0 Å². The summed E-state index contributed by atoms with van der Waals surface area (Å²) < 4.78 is 5.25. The molecule has 1 unspecified atom stereocenters. The lowest BCUT2D eigenvalue weighted by Crippen LogP contribution is -2.46. The molecule has 1 atom stereocenters. The largest absolute Gasteiger partial charge is 0.496 e. The number of methoxy groups -OCH3 is 1. The van der Waals surface area contributed by atoms with Crippen molar-refractivity contribution in [1.82, 2.24) is 10.2 Å². The van der Waals surface area contributed by atoms with Crippen LogP contribution in [0.25, 0.3) is 0 Å². The molecule has 1 aromatic rings. The molecule has 0 saturated carbocycles. The lowest BCUT2D eigenvalue weighted by atomic mass is 10.1. The Morgan fingerprint density at radius 2 is 2.07 bits per heavy atom. The second-order valence-corrected chi connectivity index (χ2v) is 6.93. The number of carboxylic acid groups (broad SMARTS) is 1. The lowest BCUT2D eigenvalue weighted by Gasteiger charge is -2.25. The fourth-order valence-electron chi connectivity index (χ4n) is 3.19. The maximum absolute atomic E-state index is 12.9. The van der Waals surface area contributed by atoms with Crippen LogP contribution in [-0.2, 0) is 9.59 Å². The van der Waals surface area contributed by atoms with Gasteiger partial charge in [0.05, 0.1) is 12.7 Å². The van der Waals surface area contributed by atoms with E-state index in [1.54, 1.807) is 23.1 Å². The molecule has 0 radical (unpaired) electrons. The van der Waals surface area contributed by atoms with E-state index in [9.17, 15) is 14.4 Å². The third-order valence-electron chi connectivity index (χ3n) is 4.57. The second kappa shape index (κ2) is 10.2. The molecule has 7 nitrogen and oxygen atoms in total. The maximum atomic E-state index is 12.9. The summed E-state index contributed by atoms with van der Waals surface area (Å²) in [5.41, 5.74) is 0.346. The van der Waals surface area contributed by atoms with Gasteiger partial charge in [0.25, 0.3) is 5.91 Å². The predicted octanol–water partition coefficient (Wildman–Crippen LogP) is 2.71. The number of carbonyl (C=O) groups excluding carboxylic acids is 2. The molecule has 2 N–H and O–H groups in total. The van der Waals surface area contributed by atoms with E-state index in [4.69, 9.17) is 21.4 Å². The number of hydrogen-bond donors (Lipinski definition) is 2. The molecule has 27 heavy (non-hydrogen) atoms. The van der Waals surface area contributed by atoms with Crippen molar-refractivity contribution in [2.45, 2.75) is 44.6 Å². The van der Waals surface area contributed by atoms with Crippen LogP contribution in [0.1, 0.15) is 48.9 Å². The molecule has 1 saturated heterocycles. The minimum absolute atomic E-state index is 0.139. The Bertz CT molecular complexity index is 695. The quantitative estimate of drug-likeness (QED) is 0.625. The van der Waals surface area contributed by atoms with E-state index in [1.807, 2.05) is 0 Å². The highest BCUT2D eigenvalue weighted by Crippen LogP contribution is 2.27. The summed E-state index contributed by atoms with van der Waals surface area (Å²) in [5.74, 6) is -0.835. The molecule has 2 amide bonds. The average Bonchev–Trinajstić information content (AvgIpc) is 3.13. The Labute approximate surface area is 163 Å². The van der Waals surface area contributed by atoms with Gasteiger partial charge in [-0.25, -0.2) is 0 Å². The van der Waals surface area contributed by atoms with Gasteiger partial charge >= 0.3 is 5.97 Å². The fraction of sp³-hybridized carbons (Fsp3) is 0.526. The number of unbranched alkanes of at least 4 members (excludes halogenated alkanes) is 2. The first-order chi connectivity index (χ1) is 12.9. The minimum Gasteiger partial charge on any atom is -0.496 e. The molecule has 1 aliphatic heterocycles. The van der Waals surface area contributed by atoms with Gasteiger partial charge in [0.1, 0.15) is 11.8 Å². The van der Waals surface area contributed by atoms with Crippen LogP contribution in [0.3, 0.4) is 0 Å². The van der Waals surface area contributed by atoms with Gasteiger partial charge in [-0.2, -0.15) is 0 Å². The zero-order valence-electron chi connectivity index (χ0n) is 15.4. The van der Waals surface area contributed by atoms with Crippen molar-refractivity contribution in [3.05, 3.63) is 28.8 Å². The molecule has 1 heterocycles. The molecular weight excluding hydrogens is 372 g/mol. The van der Waals surface area contributed by atoms with Crippen molar-refractivity contribution in [1.29, 1.82) is 0 Å². The highest BCUT2D eigenvalue weighted by atomic mass is 35.5. The van der Waals surface area contributed by atoms with Crippen LogP contribution in [-0.4, -0.2) is 54.0 Å². The van der Waals surface area contributed by atoms with Crippen molar-refractivity contribution in [2.75, 3.05) is 20.2 Å². The highest BCUT2D eigenvalue weighted by molar-refractivity contribution is 6.31. The van der Waals surface area contributed by atoms with E-state index >= 15 is 0 Å². The van der Waals surface area contributed by atoms with Crippen molar-refractivity contribution < 1.29 is 24.2 Å².